The van der Waals surface area contributed by atoms with E-state index in [4.69, 9.17) is 16.7 Å². The number of carbonyl (C=O) groups is 1. The highest BCUT2D eigenvalue weighted by atomic mass is 35.5. The molecule has 0 fully saturated rings. The van der Waals surface area contributed by atoms with Crippen molar-refractivity contribution in [3.05, 3.63) is 34.6 Å². The number of aliphatic hydroxyl groups excluding tert-OH is 1. The topological polar surface area (TPSA) is 49.3 Å². The number of rotatable bonds is 5. The molecule has 0 spiro atoms. The highest BCUT2D eigenvalue weighted by Crippen LogP contribution is 2.28. The molecule has 0 aliphatic carbocycles. The van der Waals surface area contributed by atoms with E-state index in [2.05, 4.69) is 5.32 Å². The maximum Gasteiger partial charge on any atom is 0.230 e. The third-order valence-corrected chi connectivity index (χ3v) is 3.35. The Balaban J connectivity index is 2.93. The fourth-order valence-electron chi connectivity index (χ4n) is 1.79. The van der Waals surface area contributed by atoms with Gasteiger partial charge in [-0.15, -0.1) is 0 Å². The summed E-state index contributed by atoms with van der Waals surface area (Å²) >= 11 is 5.70. The molecule has 1 atom stereocenters. The molecule has 0 aromatic heterocycles. The van der Waals surface area contributed by atoms with E-state index in [0.717, 1.165) is 0 Å². The summed E-state index contributed by atoms with van der Waals surface area (Å²) in [5.41, 5.74) is -0.705. The van der Waals surface area contributed by atoms with Crippen LogP contribution in [0.3, 0.4) is 0 Å². The largest absolute Gasteiger partial charge is 0.396 e. The molecule has 19 heavy (non-hydrogen) atoms. The van der Waals surface area contributed by atoms with E-state index in [0.29, 0.717) is 17.0 Å². The second-order valence-electron chi connectivity index (χ2n) is 5.14. The molecule has 1 unspecified atom stereocenters. The smallest absolute Gasteiger partial charge is 0.230 e. The van der Waals surface area contributed by atoms with Gasteiger partial charge in [0.05, 0.1) is 5.41 Å². The van der Waals surface area contributed by atoms with E-state index in [1.807, 2.05) is 0 Å². The van der Waals surface area contributed by atoms with Gasteiger partial charge in [-0.2, -0.15) is 0 Å². The van der Waals surface area contributed by atoms with Gasteiger partial charge in [0.15, 0.2) is 0 Å². The maximum atomic E-state index is 13.9. The fraction of sp³-hybridized carbons (Fsp3) is 0.500. The zero-order valence-electron chi connectivity index (χ0n) is 11.3. The minimum absolute atomic E-state index is 0.00280. The number of carbonyl (C=O) groups excluding carboxylic acids is 1. The molecule has 106 valence electrons. The minimum atomic E-state index is -1.00. The molecule has 0 radical (unpaired) electrons. The first-order valence-electron chi connectivity index (χ1n) is 6.16. The van der Waals surface area contributed by atoms with E-state index < -0.39 is 11.2 Å². The summed E-state index contributed by atoms with van der Waals surface area (Å²) in [6.45, 7) is 5.10. The molecule has 5 heteroatoms. The molecule has 0 saturated carbocycles. The number of nitrogens with one attached hydrogen (secondary N) is 1. The summed E-state index contributed by atoms with van der Waals surface area (Å²) in [6, 6.07) is 4.12. The Morgan fingerprint density at radius 1 is 1.53 bits per heavy atom. The summed E-state index contributed by atoms with van der Waals surface area (Å²) in [7, 11) is 0. The van der Waals surface area contributed by atoms with Crippen molar-refractivity contribution in [3.8, 4) is 0 Å². The third kappa shape index (κ3) is 3.91. The van der Waals surface area contributed by atoms with Crippen molar-refractivity contribution in [2.45, 2.75) is 38.6 Å². The second-order valence-corrected chi connectivity index (χ2v) is 5.57. The van der Waals surface area contributed by atoms with Gasteiger partial charge in [0.25, 0.3) is 0 Å². The highest BCUT2D eigenvalue weighted by Gasteiger charge is 2.33. The van der Waals surface area contributed by atoms with Crippen molar-refractivity contribution in [1.82, 2.24) is 5.32 Å². The van der Waals surface area contributed by atoms with E-state index in [1.54, 1.807) is 26.8 Å². The Bertz CT molecular complexity index is 463. The first-order valence-corrected chi connectivity index (χ1v) is 6.54. The number of aliphatic hydroxyl groups is 1. The SMILES string of the molecule is CC(CCO)NC(=O)C(C)(C)c1ccc(Cl)cc1F. The highest BCUT2D eigenvalue weighted by molar-refractivity contribution is 6.30. The van der Waals surface area contributed by atoms with Gasteiger partial charge in [0, 0.05) is 23.2 Å². The van der Waals surface area contributed by atoms with Crippen molar-refractivity contribution in [2.24, 2.45) is 0 Å². The number of halogens is 2. The van der Waals surface area contributed by atoms with E-state index >= 15 is 0 Å². The molecular weight excluding hydrogens is 269 g/mol. The number of hydrogen-bond acceptors (Lipinski definition) is 2. The molecule has 3 nitrogen and oxygen atoms in total. The van der Waals surface area contributed by atoms with Gasteiger partial charge in [-0.05, 0) is 39.3 Å². The van der Waals surface area contributed by atoms with Crippen LogP contribution in [-0.2, 0) is 10.2 Å². The Hall–Kier alpha value is -1.13. The fourth-order valence-corrected chi connectivity index (χ4v) is 1.95. The van der Waals surface area contributed by atoms with Crippen LogP contribution in [0.4, 0.5) is 4.39 Å². The van der Waals surface area contributed by atoms with Gasteiger partial charge >= 0.3 is 0 Å². The van der Waals surface area contributed by atoms with Crippen LogP contribution in [0.15, 0.2) is 18.2 Å². The van der Waals surface area contributed by atoms with Gasteiger partial charge < -0.3 is 10.4 Å². The molecule has 0 bridgehead atoms. The van der Waals surface area contributed by atoms with Crippen LogP contribution in [0.5, 0.6) is 0 Å². The summed E-state index contributed by atoms with van der Waals surface area (Å²) in [5, 5.41) is 11.9. The van der Waals surface area contributed by atoms with Crippen LogP contribution in [0, 0.1) is 5.82 Å². The first-order chi connectivity index (χ1) is 8.78. The number of amides is 1. The summed E-state index contributed by atoms with van der Waals surface area (Å²) in [6.07, 6.45) is 0.463. The average molecular weight is 288 g/mol. The third-order valence-electron chi connectivity index (χ3n) is 3.11. The zero-order chi connectivity index (χ0) is 14.6. The minimum Gasteiger partial charge on any atom is -0.396 e. The average Bonchev–Trinajstić information content (AvgIpc) is 2.28. The van der Waals surface area contributed by atoms with Crippen molar-refractivity contribution >= 4 is 17.5 Å². The Morgan fingerprint density at radius 2 is 2.16 bits per heavy atom. The lowest BCUT2D eigenvalue weighted by Gasteiger charge is -2.26. The van der Waals surface area contributed by atoms with Crippen molar-refractivity contribution in [3.63, 3.8) is 0 Å². The lowest BCUT2D eigenvalue weighted by molar-refractivity contribution is -0.126. The predicted octanol–water partition coefficient (Wildman–Crippen LogP) is 2.64. The molecule has 0 aliphatic rings. The second kappa shape index (κ2) is 6.35. The van der Waals surface area contributed by atoms with Crippen LogP contribution in [0.1, 0.15) is 32.8 Å². The Labute approximate surface area is 117 Å². The van der Waals surface area contributed by atoms with Gasteiger partial charge in [-0.3, -0.25) is 4.79 Å². The quantitative estimate of drug-likeness (QED) is 0.875. The standard InChI is InChI=1S/C14H19ClFNO2/c1-9(6-7-18)17-13(19)14(2,3)11-5-4-10(15)8-12(11)16/h4-5,8-9,18H,6-7H2,1-3H3,(H,17,19). The van der Waals surface area contributed by atoms with Crippen LogP contribution in [0.25, 0.3) is 0 Å². The van der Waals surface area contributed by atoms with Gasteiger partial charge in [-0.1, -0.05) is 17.7 Å². The van der Waals surface area contributed by atoms with Crippen molar-refractivity contribution in [1.29, 1.82) is 0 Å². The summed E-state index contributed by atoms with van der Waals surface area (Å²) < 4.78 is 13.9. The molecule has 0 heterocycles. The van der Waals surface area contributed by atoms with E-state index in [9.17, 15) is 9.18 Å². The normalized spacial score (nSPS) is 13.2. The van der Waals surface area contributed by atoms with Crippen molar-refractivity contribution < 1.29 is 14.3 Å². The van der Waals surface area contributed by atoms with Gasteiger partial charge in [0.1, 0.15) is 5.82 Å². The van der Waals surface area contributed by atoms with Crippen LogP contribution in [-0.4, -0.2) is 23.7 Å². The Kier molecular flexibility index (Phi) is 5.32. The first kappa shape index (κ1) is 15.9. The summed E-state index contributed by atoms with van der Waals surface area (Å²) in [5.74, 6) is -0.780. The maximum absolute atomic E-state index is 13.9. The lowest BCUT2D eigenvalue weighted by Crippen LogP contribution is -2.44. The molecule has 0 aliphatic heterocycles. The van der Waals surface area contributed by atoms with E-state index in [1.165, 1.54) is 12.1 Å². The molecule has 0 saturated heterocycles. The zero-order valence-corrected chi connectivity index (χ0v) is 12.1. The molecule has 1 rings (SSSR count). The van der Waals surface area contributed by atoms with Crippen molar-refractivity contribution in [2.75, 3.05) is 6.61 Å². The Morgan fingerprint density at radius 3 is 2.68 bits per heavy atom. The van der Waals surface area contributed by atoms with Crippen LogP contribution < -0.4 is 5.32 Å². The van der Waals surface area contributed by atoms with E-state index in [-0.39, 0.29) is 18.6 Å². The lowest BCUT2D eigenvalue weighted by atomic mass is 9.83. The molecule has 1 aromatic rings. The summed E-state index contributed by atoms with van der Waals surface area (Å²) in [4.78, 5) is 12.2. The predicted molar refractivity (Wildman–Crippen MR) is 73.7 cm³/mol. The van der Waals surface area contributed by atoms with Crippen LogP contribution >= 0.6 is 11.6 Å². The molecular formula is C14H19ClFNO2. The van der Waals surface area contributed by atoms with Crippen LogP contribution in [0.2, 0.25) is 5.02 Å². The monoisotopic (exact) mass is 287 g/mol. The molecule has 1 aromatic carbocycles. The molecule has 2 N–H and O–H groups in total. The van der Waals surface area contributed by atoms with Gasteiger partial charge in [0.2, 0.25) is 5.91 Å². The number of hydrogen-bond donors (Lipinski definition) is 2. The van der Waals surface area contributed by atoms with Gasteiger partial charge in [-0.25, -0.2) is 4.39 Å². The number of benzene rings is 1. The molecule has 1 amide bonds.